The Morgan fingerprint density at radius 1 is 0.962 bits per heavy atom. The first-order valence-electron chi connectivity index (χ1n) is 18.6. The first-order valence-corrected chi connectivity index (χ1v) is 18.6. The van der Waals surface area contributed by atoms with Crippen molar-refractivity contribution < 1.29 is 33.4 Å². The quantitative estimate of drug-likeness (QED) is 0.202. The van der Waals surface area contributed by atoms with Crippen LogP contribution in [0.1, 0.15) is 79.6 Å². The Labute approximate surface area is 305 Å². The molecule has 52 heavy (non-hydrogen) atoms. The molecule has 11 nitrogen and oxygen atoms in total. The third kappa shape index (κ3) is 7.88. The van der Waals surface area contributed by atoms with E-state index < -0.39 is 52.7 Å². The number of rotatable bonds is 12. The normalized spacial score (nSPS) is 24.9. The molecule has 1 heterocycles. The third-order valence-corrected chi connectivity index (χ3v) is 10.9. The summed E-state index contributed by atoms with van der Waals surface area (Å²) in [6, 6.07) is 16.5. The van der Waals surface area contributed by atoms with E-state index in [4.69, 9.17) is 19.2 Å². The highest BCUT2D eigenvalue weighted by Crippen LogP contribution is 2.46. The number of benzene rings is 2. The zero-order chi connectivity index (χ0) is 37.2. The number of esters is 1. The average molecular weight is 713 g/mol. The number of methoxy groups -OCH3 is 1. The summed E-state index contributed by atoms with van der Waals surface area (Å²) in [7, 11) is 1.60. The monoisotopic (exact) mass is 712 g/mol. The van der Waals surface area contributed by atoms with Crippen molar-refractivity contribution in [1.82, 2.24) is 20.9 Å². The summed E-state index contributed by atoms with van der Waals surface area (Å²) in [6.07, 6.45) is 4.36. The van der Waals surface area contributed by atoms with E-state index in [9.17, 15) is 19.2 Å². The molecule has 3 aliphatic rings. The Morgan fingerprint density at radius 3 is 2.25 bits per heavy atom. The topological polar surface area (TPSA) is 145 Å². The molecule has 2 aromatic carbocycles. The molecule has 3 aromatic rings. The van der Waals surface area contributed by atoms with Gasteiger partial charge in [-0.1, -0.05) is 70.9 Å². The molecule has 0 radical (unpaired) electrons. The molecular formula is C41H52N4O7. The Kier molecular flexibility index (Phi) is 10.8. The molecule has 3 saturated carbocycles. The van der Waals surface area contributed by atoms with Crippen molar-refractivity contribution in [2.45, 2.75) is 103 Å². The lowest BCUT2D eigenvalue weighted by Gasteiger charge is -2.33. The van der Waals surface area contributed by atoms with E-state index in [1.807, 2.05) is 82.3 Å². The molecule has 3 fully saturated rings. The molecule has 0 spiro atoms. The molecule has 3 aliphatic carbocycles. The summed E-state index contributed by atoms with van der Waals surface area (Å²) in [6.45, 7) is 9.58. The molecule has 0 unspecified atom stereocenters. The van der Waals surface area contributed by atoms with Crippen LogP contribution < -0.4 is 25.4 Å². The summed E-state index contributed by atoms with van der Waals surface area (Å²) in [5.74, 6) is -1.99. The second kappa shape index (κ2) is 15.1. The van der Waals surface area contributed by atoms with Crippen LogP contribution in [0.25, 0.3) is 22.2 Å². The second-order valence-electron chi connectivity index (χ2n) is 15.8. The van der Waals surface area contributed by atoms with Gasteiger partial charge in [0.2, 0.25) is 17.7 Å². The number of nitrogens with one attached hydrogen (secondary N) is 3. The maximum Gasteiger partial charge on any atom is 0.332 e. The second-order valence-corrected chi connectivity index (χ2v) is 15.8. The largest absolute Gasteiger partial charge is 0.497 e. The van der Waals surface area contributed by atoms with E-state index in [-0.39, 0.29) is 37.3 Å². The predicted molar refractivity (Wildman–Crippen MR) is 197 cm³/mol. The number of ether oxygens (including phenoxy) is 3. The summed E-state index contributed by atoms with van der Waals surface area (Å²) in [5.41, 5.74) is 0.584. The lowest BCUT2D eigenvalue weighted by atomic mass is 9.84. The highest BCUT2D eigenvalue weighted by atomic mass is 16.5. The highest BCUT2D eigenvalue weighted by molar-refractivity contribution is 5.96. The molecule has 3 amide bonds. The van der Waals surface area contributed by atoms with Crippen LogP contribution >= 0.6 is 0 Å². The molecule has 3 N–H and O–H groups in total. The Balaban J connectivity index is 1.30. The summed E-state index contributed by atoms with van der Waals surface area (Å²) >= 11 is 0. The number of carbonyl (C=O) groups excluding carboxylic acids is 4. The van der Waals surface area contributed by atoms with E-state index in [1.165, 1.54) is 0 Å². The summed E-state index contributed by atoms with van der Waals surface area (Å²) < 4.78 is 17.6. The van der Waals surface area contributed by atoms with Gasteiger partial charge in [-0.25, -0.2) is 9.78 Å². The van der Waals surface area contributed by atoms with Crippen LogP contribution in [0.15, 0.2) is 54.6 Å². The number of amides is 3. The average Bonchev–Trinajstić information content (AvgIpc) is 3.44. The van der Waals surface area contributed by atoms with Crippen LogP contribution in [-0.2, 0) is 23.9 Å². The number of fused-ring (bicyclic) bond motifs is 1. The van der Waals surface area contributed by atoms with E-state index in [1.54, 1.807) is 14.0 Å². The van der Waals surface area contributed by atoms with Crippen LogP contribution in [0, 0.1) is 23.2 Å². The van der Waals surface area contributed by atoms with E-state index in [2.05, 4.69) is 16.0 Å². The fraction of sp³-hybridized carbons (Fsp3) is 0.537. The smallest absolute Gasteiger partial charge is 0.332 e. The Bertz CT molecular complexity index is 1800. The summed E-state index contributed by atoms with van der Waals surface area (Å²) in [4.78, 5) is 60.0. The minimum absolute atomic E-state index is 0.0903. The van der Waals surface area contributed by atoms with Crippen LogP contribution in [0.3, 0.4) is 0 Å². The van der Waals surface area contributed by atoms with Crippen LogP contribution in [0.4, 0.5) is 0 Å². The van der Waals surface area contributed by atoms with Gasteiger partial charge >= 0.3 is 5.97 Å². The number of hydrogen-bond acceptors (Lipinski definition) is 8. The Hall–Kier alpha value is -4.67. The lowest BCUT2D eigenvalue weighted by molar-refractivity contribution is -0.150. The van der Waals surface area contributed by atoms with Gasteiger partial charge in [-0.15, -0.1) is 0 Å². The molecule has 0 saturated heterocycles. The lowest BCUT2D eigenvalue weighted by Crippen LogP contribution is -2.57. The van der Waals surface area contributed by atoms with Gasteiger partial charge < -0.3 is 30.2 Å². The maximum absolute atomic E-state index is 14.3. The number of pyridine rings is 1. The molecule has 6 rings (SSSR count). The maximum atomic E-state index is 14.3. The SMILES string of the molecule is CCOC(=O)[C@@]1(NC(=O)[C@@H]2C[C@@H](Oc3cc(-c4ccccc4)nc4cc(OC)ccc34)C[C@H]2C(=O)N[C@H](C(=O)NC2CCCC2)C(C)(C)C)C[C@H]1C. The van der Waals surface area contributed by atoms with Gasteiger partial charge in [-0.2, -0.15) is 0 Å². The van der Waals surface area contributed by atoms with Crippen molar-refractivity contribution >= 4 is 34.6 Å². The fourth-order valence-corrected chi connectivity index (χ4v) is 7.79. The van der Waals surface area contributed by atoms with Gasteiger partial charge in [0.1, 0.15) is 29.2 Å². The van der Waals surface area contributed by atoms with Crippen LogP contribution in [-0.4, -0.2) is 66.1 Å². The molecule has 0 aliphatic heterocycles. The fourth-order valence-electron chi connectivity index (χ4n) is 7.79. The van der Waals surface area contributed by atoms with Crippen molar-refractivity contribution in [3.63, 3.8) is 0 Å². The summed E-state index contributed by atoms with van der Waals surface area (Å²) in [5, 5.41) is 9.94. The zero-order valence-corrected chi connectivity index (χ0v) is 31.1. The zero-order valence-electron chi connectivity index (χ0n) is 31.1. The Morgan fingerprint density at radius 2 is 1.63 bits per heavy atom. The number of hydrogen-bond donors (Lipinski definition) is 3. The van der Waals surface area contributed by atoms with Gasteiger partial charge in [-0.3, -0.25) is 14.4 Å². The molecule has 0 bridgehead atoms. The molecular weight excluding hydrogens is 660 g/mol. The highest BCUT2D eigenvalue weighted by Gasteiger charge is 2.61. The van der Waals surface area contributed by atoms with Gasteiger partial charge in [0, 0.05) is 29.1 Å². The van der Waals surface area contributed by atoms with Crippen LogP contribution in [0.5, 0.6) is 11.5 Å². The van der Waals surface area contributed by atoms with Crippen molar-refractivity contribution in [2.24, 2.45) is 23.2 Å². The predicted octanol–water partition coefficient (Wildman–Crippen LogP) is 5.73. The number of nitrogens with zero attached hydrogens (tertiary/aromatic N) is 1. The van der Waals surface area contributed by atoms with Crippen molar-refractivity contribution in [1.29, 1.82) is 0 Å². The standard InChI is InChI=1S/C41H52N4O7/c1-7-51-39(49)41(23-24(41)2)45-37(47)31-20-28(19-30(31)36(46)44-35(40(3,4)5)38(48)42-26-15-11-12-16-26)52-34-22-32(25-13-9-8-10-14-25)43-33-21-27(50-6)17-18-29(33)34/h8-10,13-14,17-18,21-22,24,26,28,30-31,35H,7,11-12,15-16,19-20,23H2,1-6H3,(H,42,48)(H,44,46)(H,45,47)/t24-,28+,30-,31-,35-,41-/m1/s1. The van der Waals surface area contributed by atoms with E-state index in [0.717, 1.165) is 36.6 Å². The van der Waals surface area contributed by atoms with Gasteiger partial charge in [0.05, 0.1) is 36.8 Å². The van der Waals surface area contributed by atoms with Crippen molar-refractivity contribution in [2.75, 3.05) is 13.7 Å². The number of carbonyl (C=O) groups is 4. The van der Waals surface area contributed by atoms with Gasteiger partial charge in [-0.05, 0) is 62.5 Å². The number of aromatic nitrogens is 1. The first-order chi connectivity index (χ1) is 24.8. The first kappa shape index (κ1) is 37.1. The van der Waals surface area contributed by atoms with E-state index >= 15 is 0 Å². The molecule has 11 heteroatoms. The minimum Gasteiger partial charge on any atom is -0.497 e. The van der Waals surface area contributed by atoms with Gasteiger partial charge in [0.25, 0.3) is 0 Å². The third-order valence-electron chi connectivity index (χ3n) is 10.9. The van der Waals surface area contributed by atoms with Gasteiger partial charge in [0.15, 0.2) is 0 Å². The van der Waals surface area contributed by atoms with Crippen molar-refractivity contribution in [3.05, 3.63) is 54.6 Å². The molecule has 1 aromatic heterocycles. The van der Waals surface area contributed by atoms with E-state index in [0.29, 0.717) is 29.1 Å². The van der Waals surface area contributed by atoms with Crippen molar-refractivity contribution in [3.8, 4) is 22.8 Å². The van der Waals surface area contributed by atoms with Crippen LogP contribution in [0.2, 0.25) is 0 Å². The minimum atomic E-state index is -1.12. The molecule has 278 valence electrons. The molecule has 6 atom stereocenters.